The molecule has 0 amide bonds. The zero-order valence-electron chi connectivity index (χ0n) is 14.5. The largest absolute Gasteiger partial charge is 0.545 e. The Morgan fingerprint density at radius 2 is 1.40 bits per heavy atom. The number of carbonyl (C=O) groups excluding carboxylic acids is 3. The van der Waals surface area contributed by atoms with Gasteiger partial charge in [-0.05, 0) is 18.6 Å². The van der Waals surface area contributed by atoms with Gasteiger partial charge in [-0.1, -0.05) is 57.9 Å². The van der Waals surface area contributed by atoms with E-state index >= 15 is 0 Å². The molecule has 1 rings (SSSR count). The number of ether oxygens (including phenoxy) is 1. The second kappa shape index (κ2) is 11.2. The predicted octanol–water partition coefficient (Wildman–Crippen LogP) is 1.71. The van der Waals surface area contributed by atoms with E-state index in [1.54, 1.807) is 0 Å². The number of aromatic carboxylic acids is 2. The predicted molar refractivity (Wildman–Crippen MR) is 88.0 cm³/mol. The highest BCUT2D eigenvalue weighted by atomic mass is 16.5. The number of hydrogen-bond acceptors (Lipinski definition) is 6. The number of hydrogen-bond donors (Lipinski definition) is 0. The van der Waals surface area contributed by atoms with Crippen LogP contribution in [0.2, 0.25) is 0 Å². The van der Waals surface area contributed by atoms with Crippen LogP contribution in [0.4, 0.5) is 0 Å². The quantitative estimate of drug-likeness (QED) is 0.420. The lowest BCUT2D eigenvalue weighted by Crippen LogP contribution is -2.30. The molecule has 6 nitrogen and oxygen atoms in total. The van der Waals surface area contributed by atoms with E-state index in [9.17, 15) is 24.6 Å². The van der Waals surface area contributed by atoms with Gasteiger partial charge in [-0.15, -0.1) is 0 Å². The van der Waals surface area contributed by atoms with Gasteiger partial charge in [-0.2, -0.15) is 0 Å². The molecule has 0 aliphatic rings. The molecule has 0 unspecified atom stereocenters. The van der Waals surface area contributed by atoms with Gasteiger partial charge in [0.15, 0.2) is 0 Å². The van der Waals surface area contributed by atoms with E-state index in [1.165, 1.54) is 38.2 Å². The summed E-state index contributed by atoms with van der Waals surface area (Å²) in [7, 11) is 0. The number of unbranched alkanes of at least 4 members (excludes halogenated alkanes) is 7. The monoisotopic (exact) mass is 348 g/mol. The van der Waals surface area contributed by atoms with Crippen molar-refractivity contribution < 1.29 is 29.3 Å². The van der Waals surface area contributed by atoms with Gasteiger partial charge in [-0.25, -0.2) is 4.79 Å². The van der Waals surface area contributed by atoms with Crippen LogP contribution in [0.1, 0.15) is 89.4 Å². The molecular formula is C19H24O6-2. The lowest BCUT2D eigenvalue weighted by Gasteiger charge is -2.13. The summed E-state index contributed by atoms with van der Waals surface area (Å²) in [5.41, 5.74) is -1.15. The average molecular weight is 348 g/mol. The summed E-state index contributed by atoms with van der Waals surface area (Å²) < 4.78 is 5.09. The van der Waals surface area contributed by atoms with Crippen molar-refractivity contribution in [1.29, 1.82) is 0 Å². The first kappa shape index (κ1) is 20.7. The number of esters is 1. The highest BCUT2D eigenvalue weighted by Crippen LogP contribution is 2.13. The SMILES string of the molecule is CCCCCCCCCCOC(=O)c1ccc(C(=O)[O-])c(C(=O)[O-])c1. The smallest absolute Gasteiger partial charge is 0.338 e. The van der Waals surface area contributed by atoms with Crippen molar-refractivity contribution in [3.63, 3.8) is 0 Å². The first-order valence-corrected chi connectivity index (χ1v) is 8.71. The molecule has 0 N–H and O–H groups in total. The first-order chi connectivity index (χ1) is 12.0. The van der Waals surface area contributed by atoms with Gasteiger partial charge < -0.3 is 24.5 Å². The summed E-state index contributed by atoms with van der Waals surface area (Å²) in [6, 6.07) is 3.15. The minimum absolute atomic E-state index is 0.0243. The number of carboxylic acids is 2. The van der Waals surface area contributed by atoms with Gasteiger partial charge in [0.05, 0.1) is 24.1 Å². The Kier molecular flexibility index (Phi) is 9.29. The maximum Gasteiger partial charge on any atom is 0.338 e. The van der Waals surface area contributed by atoms with Crippen molar-refractivity contribution in [3.8, 4) is 0 Å². The first-order valence-electron chi connectivity index (χ1n) is 8.71. The molecule has 1 aromatic carbocycles. The highest BCUT2D eigenvalue weighted by molar-refractivity contribution is 6.02. The zero-order chi connectivity index (χ0) is 18.7. The molecular weight excluding hydrogens is 324 g/mol. The molecule has 6 heteroatoms. The molecule has 25 heavy (non-hydrogen) atoms. The van der Waals surface area contributed by atoms with Crippen LogP contribution in [0, 0.1) is 0 Å². The lowest BCUT2D eigenvalue weighted by molar-refractivity contribution is -0.259. The van der Waals surface area contributed by atoms with Crippen molar-refractivity contribution in [2.75, 3.05) is 6.61 Å². The third-order valence-corrected chi connectivity index (χ3v) is 3.93. The van der Waals surface area contributed by atoms with Crippen LogP contribution in [0.25, 0.3) is 0 Å². The second-order valence-electron chi connectivity index (χ2n) is 5.95. The molecule has 0 saturated carbocycles. The average Bonchev–Trinajstić information content (AvgIpc) is 2.59. The Morgan fingerprint density at radius 3 is 1.96 bits per heavy atom. The topological polar surface area (TPSA) is 107 Å². The van der Waals surface area contributed by atoms with Gasteiger partial charge in [0.1, 0.15) is 0 Å². The minimum Gasteiger partial charge on any atom is -0.545 e. The molecule has 0 atom stereocenters. The third kappa shape index (κ3) is 7.37. The van der Waals surface area contributed by atoms with E-state index in [0.29, 0.717) is 0 Å². The molecule has 0 aromatic heterocycles. The molecule has 0 saturated heterocycles. The molecule has 0 aliphatic carbocycles. The molecule has 0 heterocycles. The van der Waals surface area contributed by atoms with Crippen molar-refractivity contribution >= 4 is 17.9 Å². The van der Waals surface area contributed by atoms with Crippen molar-refractivity contribution in [2.24, 2.45) is 0 Å². The van der Waals surface area contributed by atoms with E-state index < -0.39 is 29.0 Å². The minimum atomic E-state index is -1.68. The molecule has 0 aliphatic heterocycles. The molecule has 138 valence electrons. The van der Waals surface area contributed by atoms with Crippen LogP contribution in [0.3, 0.4) is 0 Å². The number of benzene rings is 1. The summed E-state index contributed by atoms with van der Waals surface area (Å²) in [5, 5.41) is 21.8. The van der Waals surface area contributed by atoms with Crippen LogP contribution in [-0.4, -0.2) is 24.5 Å². The zero-order valence-corrected chi connectivity index (χ0v) is 14.5. The molecule has 0 fully saturated rings. The van der Waals surface area contributed by atoms with Crippen molar-refractivity contribution in [3.05, 3.63) is 34.9 Å². The van der Waals surface area contributed by atoms with E-state index in [4.69, 9.17) is 4.74 Å². The number of carboxylic acid groups (broad SMARTS) is 2. The Morgan fingerprint density at radius 1 is 0.840 bits per heavy atom. The summed E-state index contributed by atoms with van der Waals surface area (Å²) in [6.45, 7) is 2.42. The molecule has 0 spiro atoms. The Balaban J connectivity index is 2.39. The fraction of sp³-hybridized carbons (Fsp3) is 0.526. The maximum atomic E-state index is 11.9. The Hall–Kier alpha value is -2.37. The van der Waals surface area contributed by atoms with Gasteiger partial charge in [-0.3, -0.25) is 0 Å². The van der Waals surface area contributed by atoms with Gasteiger partial charge in [0.2, 0.25) is 0 Å². The van der Waals surface area contributed by atoms with Gasteiger partial charge in [0.25, 0.3) is 0 Å². The van der Waals surface area contributed by atoms with Crippen molar-refractivity contribution in [1.82, 2.24) is 0 Å². The second-order valence-corrected chi connectivity index (χ2v) is 5.95. The summed E-state index contributed by atoms with van der Waals surface area (Å²) in [4.78, 5) is 33.7. The van der Waals surface area contributed by atoms with Gasteiger partial charge >= 0.3 is 5.97 Å². The fourth-order valence-corrected chi connectivity index (χ4v) is 2.50. The molecule has 0 bridgehead atoms. The lowest BCUT2D eigenvalue weighted by atomic mass is 10.0. The van der Waals surface area contributed by atoms with E-state index in [-0.39, 0.29) is 12.2 Å². The van der Waals surface area contributed by atoms with Crippen LogP contribution in [0.15, 0.2) is 18.2 Å². The fourth-order valence-electron chi connectivity index (χ4n) is 2.50. The Labute approximate surface area is 147 Å². The number of rotatable bonds is 12. The molecule has 0 radical (unpaired) electrons. The number of carbonyl (C=O) groups is 3. The van der Waals surface area contributed by atoms with Crippen LogP contribution < -0.4 is 10.2 Å². The Bertz CT molecular complexity index is 594. The summed E-state index contributed by atoms with van der Waals surface area (Å²) >= 11 is 0. The van der Waals surface area contributed by atoms with Gasteiger partial charge in [0, 0.05) is 11.1 Å². The summed E-state index contributed by atoms with van der Waals surface area (Å²) in [5.74, 6) is -4.01. The van der Waals surface area contributed by atoms with Crippen LogP contribution in [-0.2, 0) is 4.74 Å². The third-order valence-electron chi connectivity index (χ3n) is 3.93. The van der Waals surface area contributed by atoms with Crippen LogP contribution >= 0.6 is 0 Å². The van der Waals surface area contributed by atoms with Crippen molar-refractivity contribution in [2.45, 2.75) is 58.3 Å². The standard InChI is InChI=1S/C19H26O6/c1-2-3-4-5-6-7-8-9-12-25-19(24)14-10-11-15(17(20)21)16(13-14)18(22)23/h10-11,13H,2-9,12H2,1H3,(H,20,21)(H,22,23)/p-2. The van der Waals surface area contributed by atoms with E-state index in [1.807, 2.05) is 0 Å². The summed E-state index contributed by atoms with van der Waals surface area (Å²) in [6.07, 6.45) is 8.95. The molecule has 1 aromatic rings. The highest BCUT2D eigenvalue weighted by Gasteiger charge is 2.12. The van der Waals surface area contributed by atoms with E-state index in [0.717, 1.165) is 31.4 Å². The maximum absolute atomic E-state index is 11.9. The van der Waals surface area contributed by atoms with Crippen LogP contribution in [0.5, 0.6) is 0 Å². The van der Waals surface area contributed by atoms with E-state index in [2.05, 4.69) is 6.92 Å². The normalized spacial score (nSPS) is 10.4.